The van der Waals surface area contributed by atoms with Crippen molar-refractivity contribution in [2.75, 3.05) is 27.3 Å². The molecule has 0 saturated heterocycles. The number of phenolic OH excluding ortho intramolecular Hbond substituents is 3. The molecule has 0 heterocycles. The molecule has 0 aliphatic carbocycles. The third kappa shape index (κ3) is 4.51. The van der Waals surface area contributed by atoms with Crippen LogP contribution in [0.1, 0.15) is 20.7 Å². The second kappa shape index (κ2) is 8.65. The molecule has 0 aromatic heterocycles. The minimum absolute atomic E-state index is 0.0412. The van der Waals surface area contributed by atoms with Crippen molar-refractivity contribution in [3.8, 4) is 28.7 Å². The number of carbonyl (C=O) groups is 2. The maximum absolute atomic E-state index is 12.4. The van der Waals surface area contributed by atoms with Gasteiger partial charge in [-0.2, -0.15) is 0 Å². The Kier molecular flexibility index (Phi) is 6.32. The summed E-state index contributed by atoms with van der Waals surface area (Å²) in [5.41, 5.74) is 0.197. The van der Waals surface area contributed by atoms with Crippen molar-refractivity contribution < 1.29 is 34.4 Å². The highest BCUT2D eigenvalue weighted by Crippen LogP contribution is 2.35. The van der Waals surface area contributed by atoms with Crippen LogP contribution in [0.4, 0.5) is 0 Å². The Hall–Kier alpha value is -3.62. The van der Waals surface area contributed by atoms with Gasteiger partial charge in [-0.25, -0.2) is 0 Å². The van der Waals surface area contributed by atoms with Gasteiger partial charge in [0.2, 0.25) is 0 Å². The van der Waals surface area contributed by atoms with Crippen LogP contribution in [0.25, 0.3) is 0 Å². The van der Waals surface area contributed by atoms with E-state index in [2.05, 4.69) is 10.6 Å². The van der Waals surface area contributed by atoms with Crippen LogP contribution < -0.4 is 20.1 Å². The van der Waals surface area contributed by atoms with Gasteiger partial charge in [0.1, 0.15) is 17.1 Å². The molecule has 0 aliphatic heterocycles. The molecule has 0 aliphatic rings. The van der Waals surface area contributed by atoms with Gasteiger partial charge in [-0.15, -0.1) is 0 Å². The summed E-state index contributed by atoms with van der Waals surface area (Å²) in [6.45, 7) is 0.201. The van der Waals surface area contributed by atoms with Gasteiger partial charge in [-0.3, -0.25) is 9.59 Å². The molecule has 0 saturated carbocycles. The third-order valence-electron chi connectivity index (χ3n) is 3.68. The lowest BCUT2D eigenvalue weighted by atomic mass is 10.1. The molecule has 2 rings (SSSR count). The molecule has 0 fully saturated rings. The number of nitrogens with one attached hydrogen (secondary N) is 2. The molecule has 5 N–H and O–H groups in total. The Bertz CT molecular complexity index is 806. The normalized spacial score (nSPS) is 10.1. The van der Waals surface area contributed by atoms with Crippen molar-refractivity contribution in [1.29, 1.82) is 0 Å². The van der Waals surface area contributed by atoms with Crippen molar-refractivity contribution in [3.63, 3.8) is 0 Å². The molecule has 0 bridgehead atoms. The van der Waals surface area contributed by atoms with E-state index in [1.807, 2.05) is 0 Å². The van der Waals surface area contributed by atoms with Crippen molar-refractivity contribution in [1.82, 2.24) is 10.6 Å². The minimum Gasteiger partial charge on any atom is -0.504 e. The summed E-state index contributed by atoms with van der Waals surface area (Å²) in [6, 6.07) is 6.98. The number of carbonyl (C=O) groups excluding carboxylic acids is 2. The van der Waals surface area contributed by atoms with Crippen molar-refractivity contribution in [2.45, 2.75) is 0 Å². The largest absolute Gasteiger partial charge is 0.504 e. The van der Waals surface area contributed by atoms with Crippen LogP contribution in [0.2, 0.25) is 0 Å². The quantitative estimate of drug-likeness (QED) is 0.359. The average molecular weight is 376 g/mol. The predicted octanol–water partition coefficient (Wildman–Crippen LogP) is 0.980. The zero-order valence-electron chi connectivity index (χ0n) is 14.8. The Morgan fingerprint density at radius 3 is 1.85 bits per heavy atom. The molecular formula is C18H20N2O7. The van der Waals surface area contributed by atoms with Gasteiger partial charge in [0, 0.05) is 18.7 Å². The maximum Gasteiger partial charge on any atom is 0.258 e. The second-order valence-electron chi connectivity index (χ2n) is 5.41. The highest BCUT2D eigenvalue weighted by atomic mass is 16.5. The van der Waals surface area contributed by atoms with Crippen molar-refractivity contribution in [2.24, 2.45) is 0 Å². The van der Waals surface area contributed by atoms with E-state index >= 15 is 0 Å². The lowest BCUT2D eigenvalue weighted by Gasteiger charge is -2.13. The smallest absolute Gasteiger partial charge is 0.258 e. The lowest BCUT2D eigenvalue weighted by Crippen LogP contribution is -2.35. The van der Waals surface area contributed by atoms with E-state index in [-0.39, 0.29) is 24.2 Å². The molecule has 2 amide bonds. The SMILES string of the molecule is COc1cccc(OC)c1C(=O)NCCNC(=O)c1cc(O)c(O)c(O)c1. The standard InChI is InChI=1S/C18H20N2O7/c1-26-13-4-3-5-14(27-2)15(13)18(25)20-7-6-19-17(24)10-8-11(21)16(23)12(22)9-10/h3-5,8-9,21-23H,6-7H2,1-2H3,(H,19,24)(H,20,25). The Morgan fingerprint density at radius 1 is 0.889 bits per heavy atom. The number of hydrogen-bond acceptors (Lipinski definition) is 7. The summed E-state index contributed by atoms with van der Waals surface area (Å²) in [4.78, 5) is 24.4. The summed E-state index contributed by atoms with van der Waals surface area (Å²) in [7, 11) is 2.88. The molecule has 0 atom stereocenters. The van der Waals surface area contributed by atoms with E-state index in [0.717, 1.165) is 12.1 Å². The van der Waals surface area contributed by atoms with Gasteiger partial charge in [-0.05, 0) is 24.3 Å². The fourth-order valence-electron chi connectivity index (χ4n) is 2.35. The zero-order valence-corrected chi connectivity index (χ0v) is 14.8. The number of methoxy groups -OCH3 is 2. The first-order valence-electron chi connectivity index (χ1n) is 7.91. The van der Waals surface area contributed by atoms with Gasteiger partial charge in [0.25, 0.3) is 11.8 Å². The maximum atomic E-state index is 12.4. The molecule has 2 aromatic rings. The molecule has 9 heteroatoms. The Labute approximate surface area is 155 Å². The summed E-state index contributed by atoms with van der Waals surface area (Å²) in [5.74, 6) is -2.25. The highest BCUT2D eigenvalue weighted by molar-refractivity contribution is 6.00. The van der Waals surface area contributed by atoms with Crippen LogP contribution in [-0.4, -0.2) is 54.4 Å². The summed E-state index contributed by atoms with van der Waals surface area (Å²) in [6.07, 6.45) is 0. The van der Waals surface area contributed by atoms with Crippen LogP contribution >= 0.6 is 0 Å². The number of rotatable bonds is 7. The van der Waals surface area contributed by atoms with E-state index in [9.17, 15) is 24.9 Å². The summed E-state index contributed by atoms with van der Waals surface area (Å²) < 4.78 is 10.3. The number of phenols is 3. The number of ether oxygens (including phenoxy) is 2. The predicted molar refractivity (Wildman–Crippen MR) is 95.6 cm³/mol. The summed E-state index contributed by atoms with van der Waals surface area (Å²) >= 11 is 0. The van der Waals surface area contributed by atoms with Crippen LogP contribution in [0.15, 0.2) is 30.3 Å². The van der Waals surface area contributed by atoms with Crippen LogP contribution in [0, 0.1) is 0 Å². The number of aromatic hydroxyl groups is 3. The van der Waals surface area contributed by atoms with E-state index in [1.165, 1.54) is 14.2 Å². The number of benzene rings is 2. The van der Waals surface area contributed by atoms with E-state index in [0.29, 0.717) is 11.5 Å². The third-order valence-corrected chi connectivity index (χ3v) is 3.68. The average Bonchev–Trinajstić information content (AvgIpc) is 2.67. The van der Waals surface area contributed by atoms with E-state index in [1.54, 1.807) is 18.2 Å². The van der Waals surface area contributed by atoms with Crippen molar-refractivity contribution >= 4 is 11.8 Å². The van der Waals surface area contributed by atoms with Crippen molar-refractivity contribution in [3.05, 3.63) is 41.5 Å². The molecule has 0 spiro atoms. The van der Waals surface area contributed by atoms with Gasteiger partial charge < -0.3 is 35.4 Å². The first kappa shape index (κ1) is 19.7. The van der Waals surface area contributed by atoms with E-state index < -0.39 is 29.1 Å². The van der Waals surface area contributed by atoms with Gasteiger partial charge in [0.05, 0.1) is 14.2 Å². The van der Waals surface area contributed by atoms with Crippen LogP contribution in [0.5, 0.6) is 28.7 Å². The topological polar surface area (TPSA) is 137 Å². The zero-order chi connectivity index (χ0) is 20.0. The number of hydrogen-bond donors (Lipinski definition) is 5. The second-order valence-corrected chi connectivity index (χ2v) is 5.41. The molecular weight excluding hydrogens is 356 g/mol. The molecule has 2 aromatic carbocycles. The molecule has 27 heavy (non-hydrogen) atoms. The number of amides is 2. The van der Waals surface area contributed by atoms with Crippen LogP contribution in [-0.2, 0) is 0 Å². The fraction of sp³-hybridized carbons (Fsp3) is 0.222. The van der Waals surface area contributed by atoms with E-state index in [4.69, 9.17) is 9.47 Å². The Balaban J connectivity index is 1.94. The fourth-order valence-corrected chi connectivity index (χ4v) is 2.35. The molecule has 0 unspecified atom stereocenters. The Morgan fingerprint density at radius 2 is 1.37 bits per heavy atom. The first-order chi connectivity index (χ1) is 12.9. The molecule has 0 radical (unpaired) electrons. The monoisotopic (exact) mass is 376 g/mol. The molecule has 144 valence electrons. The summed E-state index contributed by atoms with van der Waals surface area (Å²) in [5, 5.41) is 33.3. The molecule has 9 nitrogen and oxygen atoms in total. The minimum atomic E-state index is -0.704. The van der Waals surface area contributed by atoms with Gasteiger partial charge in [0.15, 0.2) is 17.2 Å². The lowest BCUT2D eigenvalue weighted by molar-refractivity contribution is 0.0924. The van der Waals surface area contributed by atoms with Gasteiger partial charge >= 0.3 is 0 Å². The first-order valence-corrected chi connectivity index (χ1v) is 7.91. The van der Waals surface area contributed by atoms with Crippen LogP contribution in [0.3, 0.4) is 0 Å². The van der Waals surface area contributed by atoms with Gasteiger partial charge in [-0.1, -0.05) is 6.07 Å². The highest BCUT2D eigenvalue weighted by Gasteiger charge is 2.18.